The Morgan fingerprint density at radius 2 is 0.905 bits per heavy atom. The van der Waals surface area contributed by atoms with E-state index in [1.165, 1.54) is 122 Å². The molecule has 0 spiro atoms. The number of aliphatic carboxylic acids is 1. The number of likely N-dealkylation sites (N-methyl/N-ethyl adjacent to an activating group) is 1. The van der Waals surface area contributed by atoms with Crippen LogP contribution in [-0.4, -0.2) is 82.3 Å². The van der Waals surface area contributed by atoms with Gasteiger partial charge in [0.25, 0.3) is 0 Å². The van der Waals surface area contributed by atoms with Gasteiger partial charge in [0.05, 0.1) is 40.3 Å². The van der Waals surface area contributed by atoms with E-state index in [1.807, 2.05) is 21.1 Å². The highest BCUT2D eigenvalue weighted by atomic mass is 16.7. The number of hydrogen-bond acceptors (Lipinski definition) is 8. The Morgan fingerprint density at radius 3 is 1.35 bits per heavy atom. The molecule has 0 aliphatic carbocycles. The number of carbonyl (C=O) groups is 3. The minimum absolute atomic E-state index is 0.148. The summed E-state index contributed by atoms with van der Waals surface area (Å²) >= 11 is 0. The SMILES string of the molecule is CC/C=C\C/C=C\C/C=C\C/C=C\CCCCCCCCCCCCCCC(=O)OC(COC(=O)CCCCCCCCCCCCCCC)COC(OCC[N+](C)(C)C)C(=O)[O-]. The topological polar surface area (TPSA) is 111 Å². The molecule has 0 heterocycles. The molecule has 0 bridgehead atoms. The molecule has 0 radical (unpaired) electrons. The number of carbonyl (C=O) groups excluding carboxylic acids is 3. The van der Waals surface area contributed by atoms with Gasteiger partial charge in [-0.2, -0.15) is 0 Å². The van der Waals surface area contributed by atoms with Crippen LogP contribution in [0.15, 0.2) is 48.6 Å². The summed E-state index contributed by atoms with van der Waals surface area (Å²) in [6.07, 6.45) is 51.4. The molecule has 0 N–H and O–H groups in total. The number of carboxylic acids is 1. The Bertz CT molecular complexity index is 1170. The number of nitrogens with zero attached hydrogens (tertiary/aromatic N) is 1. The summed E-state index contributed by atoms with van der Waals surface area (Å²) in [5, 5.41) is 11.7. The lowest BCUT2D eigenvalue weighted by Crippen LogP contribution is -2.44. The molecule has 0 aliphatic rings. The summed E-state index contributed by atoms with van der Waals surface area (Å²) < 4.78 is 22.6. The maximum atomic E-state index is 12.8. The highest BCUT2D eigenvalue weighted by molar-refractivity contribution is 5.70. The molecule has 0 aromatic carbocycles. The zero-order chi connectivity index (χ0) is 46.3. The lowest BCUT2D eigenvalue weighted by molar-refractivity contribution is -0.870. The van der Waals surface area contributed by atoms with Crippen LogP contribution in [0.25, 0.3) is 0 Å². The molecule has 366 valence electrons. The number of unbranched alkanes of at least 4 members (excludes halogenated alkanes) is 24. The molecule has 2 unspecified atom stereocenters. The second-order valence-corrected chi connectivity index (χ2v) is 18.4. The predicted molar refractivity (Wildman–Crippen MR) is 260 cm³/mol. The Balaban J connectivity index is 4.26. The number of hydrogen-bond donors (Lipinski definition) is 0. The molecular weight excluding hydrogens is 791 g/mol. The minimum Gasteiger partial charge on any atom is -0.545 e. The fourth-order valence-corrected chi connectivity index (χ4v) is 7.12. The van der Waals surface area contributed by atoms with E-state index in [2.05, 4.69) is 62.5 Å². The zero-order valence-corrected chi connectivity index (χ0v) is 41.4. The van der Waals surface area contributed by atoms with Crippen molar-refractivity contribution in [2.45, 2.75) is 232 Å². The van der Waals surface area contributed by atoms with Crippen LogP contribution in [-0.2, 0) is 33.3 Å². The molecule has 0 amide bonds. The summed E-state index contributed by atoms with van der Waals surface area (Å²) in [6, 6.07) is 0. The molecular formula is C54H97NO8. The number of carboxylic acid groups (broad SMARTS) is 1. The summed E-state index contributed by atoms with van der Waals surface area (Å²) in [6.45, 7) is 4.64. The Hall–Kier alpha value is -2.75. The zero-order valence-electron chi connectivity index (χ0n) is 41.4. The van der Waals surface area contributed by atoms with Crippen LogP contribution in [0.1, 0.15) is 219 Å². The first-order valence-corrected chi connectivity index (χ1v) is 25.8. The van der Waals surface area contributed by atoms with Gasteiger partial charge in [0.2, 0.25) is 0 Å². The lowest BCUT2D eigenvalue weighted by Gasteiger charge is -2.26. The quantitative estimate of drug-likeness (QED) is 0.0195. The van der Waals surface area contributed by atoms with Crippen molar-refractivity contribution in [1.82, 2.24) is 0 Å². The lowest BCUT2D eigenvalue weighted by atomic mass is 10.0. The van der Waals surface area contributed by atoms with E-state index in [1.54, 1.807) is 0 Å². The van der Waals surface area contributed by atoms with Crippen LogP contribution in [0.5, 0.6) is 0 Å². The average Bonchev–Trinajstić information content (AvgIpc) is 3.24. The van der Waals surface area contributed by atoms with E-state index in [4.69, 9.17) is 18.9 Å². The molecule has 0 rings (SSSR count). The standard InChI is InChI=1S/C54H97NO8/c1-6-8-10-12-14-16-18-20-21-22-23-24-25-26-27-28-29-30-31-33-35-37-39-41-43-45-52(57)63-50(49-62-54(53(58)59)60-47-46-55(3,4)5)48-61-51(56)44-42-40-38-36-34-32-19-17-15-13-11-9-7-2/h8,10,14,16,20-21,23-24,50,54H,6-7,9,11-13,15,17-19,22,25-49H2,1-5H3/b10-8-,16-14-,21-20-,24-23-. The molecule has 0 fully saturated rings. The smallest absolute Gasteiger partial charge is 0.306 e. The van der Waals surface area contributed by atoms with Crippen molar-refractivity contribution in [1.29, 1.82) is 0 Å². The van der Waals surface area contributed by atoms with Crippen LogP contribution in [0.3, 0.4) is 0 Å². The first kappa shape index (κ1) is 60.2. The monoisotopic (exact) mass is 888 g/mol. The van der Waals surface area contributed by atoms with Crippen LogP contribution in [0.4, 0.5) is 0 Å². The molecule has 9 heteroatoms. The summed E-state index contributed by atoms with van der Waals surface area (Å²) in [5.41, 5.74) is 0. The van der Waals surface area contributed by atoms with Gasteiger partial charge in [-0.1, -0.05) is 204 Å². The van der Waals surface area contributed by atoms with Gasteiger partial charge in [-0.05, 0) is 51.4 Å². The maximum Gasteiger partial charge on any atom is 0.306 e. The highest BCUT2D eigenvalue weighted by Gasteiger charge is 2.22. The first-order chi connectivity index (χ1) is 30.6. The summed E-state index contributed by atoms with van der Waals surface area (Å²) in [4.78, 5) is 37.1. The van der Waals surface area contributed by atoms with Crippen molar-refractivity contribution < 1.29 is 42.9 Å². The van der Waals surface area contributed by atoms with Crippen molar-refractivity contribution in [2.75, 3.05) is 47.5 Å². The molecule has 0 aromatic heterocycles. The number of quaternary nitrogens is 1. The van der Waals surface area contributed by atoms with Crippen LogP contribution < -0.4 is 5.11 Å². The van der Waals surface area contributed by atoms with Crippen molar-refractivity contribution in [2.24, 2.45) is 0 Å². The molecule has 63 heavy (non-hydrogen) atoms. The second-order valence-electron chi connectivity index (χ2n) is 18.4. The fraction of sp³-hybridized carbons (Fsp3) is 0.796. The van der Waals surface area contributed by atoms with Gasteiger partial charge in [0.1, 0.15) is 13.2 Å². The van der Waals surface area contributed by atoms with Crippen molar-refractivity contribution in [3.05, 3.63) is 48.6 Å². The largest absolute Gasteiger partial charge is 0.545 e. The van der Waals surface area contributed by atoms with Gasteiger partial charge in [-0.3, -0.25) is 9.59 Å². The van der Waals surface area contributed by atoms with Crippen LogP contribution in [0.2, 0.25) is 0 Å². The van der Waals surface area contributed by atoms with Gasteiger partial charge in [0, 0.05) is 12.8 Å². The second kappa shape index (κ2) is 45.8. The molecule has 0 aromatic rings. The van der Waals surface area contributed by atoms with Gasteiger partial charge in [-0.25, -0.2) is 0 Å². The third-order valence-corrected chi connectivity index (χ3v) is 11.1. The number of esters is 2. The summed E-state index contributed by atoms with van der Waals surface area (Å²) in [7, 11) is 5.91. The van der Waals surface area contributed by atoms with Gasteiger partial charge in [-0.15, -0.1) is 0 Å². The number of allylic oxidation sites excluding steroid dienone is 8. The van der Waals surface area contributed by atoms with E-state index in [0.717, 1.165) is 64.2 Å². The maximum absolute atomic E-state index is 12.8. The Morgan fingerprint density at radius 1 is 0.492 bits per heavy atom. The Kier molecular flexibility index (Phi) is 43.8. The van der Waals surface area contributed by atoms with Crippen LogP contribution in [0, 0.1) is 0 Å². The van der Waals surface area contributed by atoms with E-state index in [-0.39, 0.29) is 32.2 Å². The molecule has 9 nitrogen and oxygen atoms in total. The van der Waals surface area contributed by atoms with Crippen LogP contribution >= 0.6 is 0 Å². The van der Waals surface area contributed by atoms with E-state index >= 15 is 0 Å². The number of rotatable bonds is 47. The van der Waals surface area contributed by atoms with E-state index in [9.17, 15) is 19.5 Å². The summed E-state index contributed by atoms with van der Waals surface area (Å²) in [5.74, 6) is -2.28. The van der Waals surface area contributed by atoms with Gasteiger partial charge >= 0.3 is 11.9 Å². The predicted octanol–water partition coefficient (Wildman–Crippen LogP) is 13.0. The normalized spacial score (nSPS) is 13.2. The van der Waals surface area contributed by atoms with Gasteiger partial charge < -0.3 is 33.3 Å². The van der Waals surface area contributed by atoms with Crippen molar-refractivity contribution in [3.63, 3.8) is 0 Å². The first-order valence-electron chi connectivity index (χ1n) is 25.8. The third-order valence-electron chi connectivity index (χ3n) is 11.1. The van der Waals surface area contributed by atoms with E-state index in [0.29, 0.717) is 23.9 Å². The third kappa shape index (κ3) is 47.0. The molecule has 0 saturated carbocycles. The van der Waals surface area contributed by atoms with E-state index < -0.39 is 24.3 Å². The van der Waals surface area contributed by atoms with Gasteiger partial charge in [0.15, 0.2) is 12.4 Å². The number of ether oxygens (including phenoxy) is 4. The molecule has 0 aliphatic heterocycles. The van der Waals surface area contributed by atoms with Crippen molar-refractivity contribution in [3.8, 4) is 0 Å². The van der Waals surface area contributed by atoms with Crippen molar-refractivity contribution >= 4 is 17.9 Å². The Labute approximate surface area is 387 Å². The average molecular weight is 888 g/mol. The highest BCUT2D eigenvalue weighted by Crippen LogP contribution is 2.16. The molecule has 2 atom stereocenters. The molecule has 0 saturated heterocycles. The minimum atomic E-state index is -1.62. The fourth-order valence-electron chi connectivity index (χ4n) is 7.12.